The third-order valence-corrected chi connectivity index (χ3v) is 6.25. The zero-order valence-corrected chi connectivity index (χ0v) is 18.4. The van der Waals surface area contributed by atoms with Gasteiger partial charge in [0.25, 0.3) is 0 Å². The Kier molecular flexibility index (Phi) is 5.40. The van der Waals surface area contributed by atoms with Crippen molar-refractivity contribution in [1.29, 1.82) is 0 Å². The minimum atomic E-state index is -0.462. The van der Waals surface area contributed by atoms with Crippen molar-refractivity contribution in [3.8, 4) is 16.9 Å². The van der Waals surface area contributed by atoms with Gasteiger partial charge in [0.1, 0.15) is 5.75 Å². The first-order chi connectivity index (χ1) is 14.8. The first-order valence-electron chi connectivity index (χ1n) is 10.5. The van der Waals surface area contributed by atoms with E-state index in [2.05, 4.69) is 12.2 Å². The summed E-state index contributed by atoms with van der Waals surface area (Å²) in [6, 6.07) is 19.5. The van der Waals surface area contributed by atoms with Gasteiger partial charge in [0.2, 0.25) is 5.91 Å². The Hall–Kier alpha value is -3.40. The Balaban J connectivity index is 0.00000289. The Morgan fingerprint density at radius 1 is 0.903 bits per heavy atom. The summed E-state index contributed by atoms with van der Waals surface area (Å²) in [5, 5.41) is 3.13. The molecule has 4 nitrogen and oxygen atoms in total. The Bertz CT molecular complexity index is 1160. The molecular formula is C27H29NO3. The number of hydrogen-bond donors (Lipinski definition) is 1. The van der Waals surface area contributed by atoms with Crippen molar-refractivity contribution in [2.24, 2.45) is 0 Å². The zero-order valence-electron chi connectivity index (χ0n) is 18.4. The smallest absolute Gasteiger partial charge is 0.235 e. The lowest BCUT2D eigenvalue weighted by Gasteiger charge is -2.18. The fourth-order valence-electron chi connectivity index (χ4n) is 4.11. The summed E-state index contributed by atoms with van der Waals surface area (Å²) in [4.78, 5) is 24.9. The van der Waals surface area contributed by atoms with Crippen LogP contribution < -0.4 is 10.1 Å². The number of rotatable bonds is 6. The van der Waals surface area contributed by atoms with Gasteiger partial charge in [0.15, 0.2) is 5.78 Å². The topological polar surface area (TPSA) is 55.4 Å². The summed E-state index contributed by atoms with van der Waals surface area (Å²) < 4.78 is 5.24. The van der Waals surface area contributed by atoms with Crippen molar-refractivity contribution in [2.75, 3.05) is 12.4 Å². The summed E-state index contributed by atoms with van der Waals surface area (Å²) in [6.07, 6.45) is 1.69. The SMILES string of the molecule is COc1ccc(C2(C(=O)Nc3ccc(C)c(-c4ccc(C(C)=O)cc4C)c3)CC2)cc1.[HH]. The van der Waals surface area contributed by atoms with Crippen LogP contribution in [0.25, 0.3) is 11.1 Å². The Morgan fingerprint density at radius 2 is 1.61 bits per heavy atom. The second kappa shape index (κ2) is 8.03. The number of ketones is 1. The maximum atomic E-state index is 13.2. The molecule has 0 saturated heterocycles. The maximum Gasteiger partial charge on any atom is 0.235 e. The molecule has 0 bridgehead atoms. The standard InChI is InChI=1S/C27H27NO3.H2/c1-17-5-9-22(16-25(17)24-12-6-20(19(3)29)15-18(24)2)28-26(30)27(13-14-27)21-7-10-23(31-4)11-8-21;/h5-12,15-16H,13-14H2,1-4H3,(H,28,30);1H. The van der Waals surface area contributed by atoms with E-state index in [-0.39, 0.29) is 13.1 Å². The zero-order chi connectivity index (χ0) is 22.2. The first kappa shape index (κ1) is 20.9. The number of amides is 1. The van der Waals surface area contributed by atoms with Crippen molar-refractivity contribution < 1.29 is 15.8 Å². The van der Waals surface area contributed by atoms with Gasteiger partial charge >= 0.3 is 0 Å². The molecule has 1 N–H and O–H groups in total. The van der Waals surface area contributed by atoms with Gasteiger partial charge in [-0.1, -0.05) is 30.3 Å². The number of hydrogen-bond acceptors (Lipinski definition) is 3. The van der Waals surface area contributed by atoms with Gasteiger partial charge in [-0.25, -0.2) is 0 Å². The predicted octanol–water partition coefficient (Wildman–Crippen LogP) is 6.10. The highest BCUT2D eigenvalue weighted by atomic mass is 16.5. The molecule has 4 heteroatoms. The van der Waals surface area contributed by atoms with Crippen LogP contribution in [0.15, 0.2) is 60.7 Å². The van der Waals surface area contributed by atoms with Crippen LogP contribution in [0.1, 0.15) is 48.2 Å². The lowest BCUT2D eigenvalue weighted by atomic mass is 9.93. The van der Waals surface area contributed by atoms with Crippen molar-refractivity contribution in [3.05, 3.63) is 82.9 Å². The third-order valence-electron chi connectivity index (χ3n) is 6.25. The van der Waals surface area contributed by atoms with Crippen LogP contribution in [-0.2, 0) is 10.2 Å². The molecule has 0 heterocycles. The first-order valence-corrected chi connectivity index (χ1v) is 10.5. The van der Waals surface area contributed by atoms with Gasteiger partial charge in [0, 0.05) is 12.7 Å². The molecule has 160 valence electrons. The van der Waals surface area contributed by atoms with Crippen LogP contribution in [0.4, 0.5) is 5.69 Å². The predicted molar refractivity (Wildman–Crippen MR) is 126 cm³/mol. The van der Waals surface area contributed by atoms with E-state index in [9.17, 15) is 9.59 Å². The summed E-state index contributed by atoms with van der Waals surface area (Å²) in [7, 11) is 1.64. The molecule has 1 aliphatic rings. The van der Waals surface area contributed by atoms with Crippen molar-refractivity contribution in [1.82, 2.24) is 0 Å². The fourth-order valence-corrected chi connectivity index (χ4v) is 4.11. The van der Waals surface area contributed by atoms with Crippen LogP contribution in [0.2, 0.25) is 0 Å². The number of aryl methyl sites for hydroxylation is 2. The van der Waals surface area contributed by atoms with E-state index >= 15 is 0 Å². The van der Waals surface area contributed by atoms with E-state index < -0.39 is 5.41 Å². The summed E-state index contributed by atoms with van der Waals surface area (Å²) in [5.41, 5.74) is 6.32. The van der Waals surface area contributed by atoms with Gasteiger partial charge in [-0.15, -0.1) is 0 Å². The average molecular weight is 416 g/mol. The van der Waals surface area contributed by atoms with Crippen LogP contribution in [0.3, 0.4) is 0 Å². The number of carbonyl (C=O) groups is 2. The molecule has 0 spiro atoms. The lowest BCUT2D eigenvalue weighted by Crippen LogP contribution is -2.27. The number of benzene rings is 3. The van der Waals surface area contributed by atoms with Crippen LogP contribution in [0.5, 0.6) is 5.75 Å². The summed E-state index contributed by atoms with van der Waals surface area (Å²) >= 11 is 0. The second-order valence-corrected chi connectivity index (χ2v) is 8.38. The Morgan fingerprint density at radius 3 is 2.19 bits per heavy atom. The molecular weight excluding hydrogens is 386 g/mol. The molecule has 1 amide bonds. The molecule has 1 saturated carbocycles. The molecule has 0 radical (unpaired) electrons. The van der Waals surface area contributed by atoms with Crippen LogP contribution >= 0.6 is 0 Å². The number of ether oxygens (including phenoxy) is 1. The van der Waals surface area contributed by atoms with E-state index in [1.54, 1.807) is 14.0 Å². The molecule has 3 aromatic rings. The minimum Gasteiger partial charge on any atom is -0.497 e. The number of anilines is 1. The summed E-state index contributed by atoms with van der Waals surface area (Å²) in [5.74, 6) is 0.867. The molecule has 4 rings (SSSR count). The van der Waals surface area contributed by atoms with E-state index in [1.165, 1.54) is 0 Å². The number of nitrogens with one attached hydrogen (secondary N) is 1. The number of methoxy groups -OCH3 is 1. The largest absolute Gasteiger partial charge is 0.497 e. The molecule has 0 aromatic heterocycles. The van der Waals surface area contributed by atoms with Gasteiger partial charge in [-0.2, -0.15) is 0 Å². The maximum absolute atomic E-state index is 13.2. The quantitative estimate of drug-likeness (QED) is 0.495. The fraction of sp³-hybridized carbons (Fsp3) is 0.259. The highest BCUT2D eigenvalue weighted by Gasteiger charge is 2.51. The Labute approximate surface area is 184 Å². The molecule has 0 atom stereocenters. The van der Waals surface area contributed by atoms with Gasteiger partial charge in [-0.3, -0.25) is 9.59 Å². The van der Waals surface area contributed by atoms with Gasteiger partial charge in [-0.05, 0) is 91.8 Å². The molecule has 3 aromatic carbocycles. The molecule has 0 aliphatic heterocycles. The number of Topliss-reactive ketones (excluding diaryl/α,β-unsaturated/α-hetero) is 1. The second-order valence-electron chi connectivity index (χ2n) is 8.38. The van der Waals surface area contributed by atoms with E-state index in [0.717, 1.165) is 52.1 Å². The van der Waals surface area contributed by atoms with E-state index in [4.69, 9.17) is 4.74 Å². The molecule has 1 aliphatic carbocycles. The van der Waals surface area contributed by atoms with Crippen LogP contribution in [-0.4, -0.2) is 18.8 Å². The third kappa shape index (κ3) is 3.98. The van der Waals surface area contributed by atoms with E-state index in [0.29, 0.717) is 5.56 Å². The highest BCUT2D eigenvalue weighted by Crippen LogP contribution is 2.49. The monoisotopic (exact) mass is 415 g/mol. The van der Waals surface area contributed by atoms with Crippen molar-refractivity contribution in [3.63, 3.8) is 0 Å². The van der Waals surface area contributed by atoms with Crippen molar-refractivity contribution in [2.45, 2.75) is 39.0 Å². The number of carbonyl (C=O) groups excluding carboxylic acids is 2. The average Bonchev–Trinajstić information content (AvgIpc) is 3.57. The summed E-state index contributed by atoms with van der Waals surface area (Å²) in [6.45, 7) is 5.64. The van der Waals surface area contributed by atoms with Gasteiger partial charge in [0.05, 0.1) is 12.5 Å². The molecule has 31 heavy (non-hydrogen) atoms. The molecule has 0 unspecified atom stereocenters. The minimum absolute atomic E-state index is 0. The van der Waals surface area contributed by atoms with Crippen molar-refractivity contribution >= 4 is 17.4 Å². The van der Waals surface area contributed by atoms with Crippen LogP contribution in [0, 0.1) is 13.8 Å². The lowest BCUT2D eigenvalue weighted by molar-refractivity contribution is -0.118. The normalized spacial score (nSPS) is 14.1. The van der Waals surface area contributed by atoms with Gasteiger partial charge < -0.3 is 10.1 Å². The molecule has 1 fully saturated rings. The highest BCUT2D eigenvalue weighted by molar-refractivity contribution is 6.02. The van der Waals surface area contributed by atoms with E-state index in [1.807, 2.05) is 67.6 Å².